The second-order valence-corrected chi connectivity index (χ2v) is 7.79. The van der Waals surface area contributed by atoms with Crippen LogP contribution in [0.3, 0.4) is 0 Å². The van der Waals surface area contributed by atoms with E-state index in [2.05, 4.69) is 47.3 Å². The molecule has 0 N–H and O–H groups in total. The van der Waals surface area contributed by atoms with Gasteiger partial charge in [-0.2, -0.15) is 0 Å². The maximum Gasteiger partial charge on any atom is 0.276 e. The molecule has 1 aromatic heterocycles. The van der Waals surface area contributed by atoms with E-state index in [1.54, 1.807) is 0 Å². The van der Waals surface area contributed by atoms with Crippen LogP contribution in [0, 0.1) is 0 Å². The molecule has 2 aromatic rings. The highest BCUT2D eigenvalue weighted by Crippen LogP contribution is 2.40. The summed E-state index contributed by atoms with van der Waals surface area (Å²) in [5.41, 5.74) is 1.80. The van der Waals surface area contributed by atoms with Crippen LogP contribution in [0.1, 0.15) is 60.3 Å². The molecule has 1 saturated heterocycles. The molecule has 0 bridgehead atoms. The maximum atomic E-state index is 12.8. The van der Waals surface area contributed by atoms with E-state index in [-0.39, 0.29) is 11.9 Å². The second-order valence-electron chi connectivity index (χ2n) is 7.79. The lowest BCUT2D eigenvalue weighted by Crippen LogP contribution is -2.49. The lowest BCUT2D eigenvalue weighted by Gasteiger charge is -2.41. The molecule has 0 unspecified atom stereocenters. The zero-order chi connectivity index (χ0) is 18.1. The van der Waals surface area contributed by atoms with Crippen LogP contribution in [0.4, 0.5) is 0 Å². The molecule has 138 valence electrons. The van der Waals surface area contributed by atoms with Crippen molar-refractivity contribution in [1.82, 2.24) is 15.0 Å². The minimum Gasteiger partial charge on any atom is -0.360 e. The number of piperidine rings is 1. The zero-order valence-electron chi connectivity index (χ0n) is 15.6. The number of nitrogens with zero attached hydrogens (tertiary/aromatic N) is 3. The van der Waals surface area contributed by atoms with Crippen molar-refractivity contribution in [3.8, 4) is 0 Å². The van der Waals surface area contributed by atoms with Crippen LogP contribution in [0.2, 0.25) is 0 Å². The number of rotatable bonds is 5. The summed E-state index contributed by atoms with van der Waals surface area (Å²) >= 11 is 0. The van der Waals surface area contributed by atoms with Crippen molar-refractivity contribution in [1.29, 1.82) is 0 Å². The molecule has 5 nitrogen and oxygen atoms in total. The Morgan fingerprint density at radius 3 is 2.73 bits per heavy atom. The van der Waals surface area contributed by atoms with E-state index in [0.717, 1.165) is 44.5 Å². The van der Waals surface area contributed by atoms with Gasteiger partial charge >= 0.3 is 0 Å². The van der Waals surface area contributed by atoms with Gasteiger partial charge < -0.3 is 9.42 Å². The summed E-state index contributed by atoms with van der Waals surface area (Å²) in [7, 11) is 1.90. The number of amides is 1. The Morgan fingerprint density at radius 2 is 2.04 bits per heavy atom. The molecule has 2 heterocycles. The van der Waals surface area contributed by atoms with Gasteiger partial charge in [-0.3, -0.25) is 9.69 Å². The summed E-state index contributed by atoms with van der Waals surface area (Å²) in [5, 5.41) is 4.01. The molecule has 5 heteroatoms. The predicted octanol–water partition coefficient (Wildman–Crippen LogP) is 3.68. The minimum atomic E-state index is -0.0191. The van der Waals surface area contributed by atoms with Crippen molar-refractivity contribution in [3.05, 3.63) is 53.4 Å². The first-order valence-corrected chi connectivity index (χ1v) is 9.63. The third-order valence-electron chi connectivity index (χ3n) is 5.81. The number of aromatic nitrogens is 1. The van der Waals surface area contributed by atoms with Gasteiger partial charge in [-0.25, -0.2) is 0 Å². The molecular weight excluding hydrogens is 326 g/mol. The lowest BCUT2D eigenvalue weighted by molar-refractivity contribution is 0.0530. The van der Waals surface area contributed by atoms with Crippen molar-refractivity contribution < 1.29 is 9.32 Å². The van der Waals surface area contributed by atoms with Gasteiger partial charge in [-0.05, 0) is 38.2 Å². The molecule has 2 fully saturated rings. The molecular formula is C21H27N3O2. The van der Waals surface area contributed by atoms with Crippen molar-refractivity contribution in [3.63, 3.8) is 0 Å². The molecule has 0 spiro atoms. The monoisotopic (exact) mass is 353 g/mol. The zero-order valence-corrected chi connectivity index (χ0v) is 15.6. The summed E-state index contributed by atoms with van der Waals surface area (Å²) in [6, 6.07) is 13.1. The average Bonchev–Trinajstić information content (AvgIpc) is 3.40. The molecule has 1 amide bonds. The maximum absolute atomic E-state index is 12.8. The third kappa shape index (κ3) is 3.68. The summed E-state index contributed by atoms with van der Waals surface area (Å²) in [6.07, 6.45) is 4.28. The Kier molecular flexibility index (Phi) is 4.81. The first kappa shape index (κ1) is 17.3. The Labute approximate surface area is 155 Å². The van der Waals surface area contributed by atoms with Gasteiger partial charge in [-0.1, -0.05) is 35.5 Å². The molecule has 4 rings (SSSR count). The molecule has 1 aliphatic carbocycles. The topological polar surface area (TPSA) is 49.6 Å². The largest absolute Gasteiger partial charge is 0.360 e. The fourth-order valence-corrected chi connectivity index (χ4v) is 3.90. The fourth-order valence-electron chi connectivity index (χ4n) is 3.90. The molecule has 2 aliphatic rings. The van der Waals surface area contributed by atoms with Gasteiger partial charge in [0.05, 0.1) is 0 Å². The third-order valence-corrected chi connectivity index (χ3v) is 5.81. The highest BCUT2D eigenvalue weighted by molar-refractivity contribution is 5.92. The number of hydrogen-bond donors (Lipinski definition) is 0. The summed E-state index contributed by atoms with van der Waals surface area (Å²) in [4.78, 5) is 17.1. The first-order valence-electron chi connectivity index (χ1n) is 9.63. The summed E-state index contributed by atoms with van der Waals surface area (Å²) in [5.74, 6) is 1.33. The van der Waals surface area contributed by atoms with E-state index in [4.69, 9.17) is 4.52 Å². The quantitative estimate of drug-likeness (QED) is 0.823. The van der Waals surface area contributed by atoms with Crippen LogP contribution in [-0.4, -0.2) is 46.5 Å². The SMILES string of the molecule is C[C@@H]1C[C@H](N(C)C(=O)c2cc(C3CC3)on2)CCN1Cc1ccccc1. The van der Waals surface area contributed by atoms with Crippen molar-refractivity contribution in [2.24, 2.45) is 0 Å². The number of hydrogen-bond acceptors (Lipinski definition) is 4. The van der Waals surface area contributed by atoms with Gasteiger partial charge in [0.15, 0.2) is 5.69 Å². The molecule has 1 aromatic carbocycles. The van der Waals surface area contributed by atoms with E-state index in [9.17, 15) is 4.79 Å². The highest BCUT2D eigenvalue weighted by Gasteiger charge is 2.33. The van der Waals surface area contributed by atoms with E-state index in [1.165, 1.54) is 5.56 Å². The number of carbonyl (C=O) groups excluding carboxylic acids is 1. The van der Waals surface area contributed by atoms with Crippen LogP contribution >= 0.6 is 0 Å². The van der Waals surface area contributed by atoms with Crippen LogP contribution < -0.4 is 0 Å². The van der Waals surface area contributed by atoms with Crippen LogP contribution in [0.25, 0.3) is 0 Å². The summed E-state index contributed by atoms with van der Waals surface area (Å²) < 4.78 is 5.35. The molecule has 0 radical (unpaired) electrons. The van der Waals surface area contributed by atoms with E-state index >= 15 is 0 Å². The average molecular weight is 353 g/mol. The Balaban J connectivity index is 1.35. The smallest absolute Gasteiger partial charge is 0.276 e. The number of carbonyl (C=O) groups is 1. The van der Waals surface area contributed by atoms with Crippen LogP contribution in [-0.2, 0) is 6.54 Å². The molecule has 1 aliphatic heterocycles. The first-order chi connectivity index (χ1) is 12.6. The highest BCUT2D eigenvalue weighted by atomic mass is 16.5. The van der Waals surface area contributed by atoms with E-state index < -0.39 is 0 Å². The van der Waals surface area contributed by atoms with Crippen molar-refractivity contribution in [2.45, 2.75) is 57.2 Å². The molecule has 26 heavy (non-hydrogen) atoms. The number of benzene rings is 1. The van der Waals surface area contributed by atoms with Crippen molar-refractivity contribution in [2.75, 3.05) is 13.6 Å². The Morgan fingerprint density at radius 1 is 1.27 bits per heavy atom. The van der Waals surface area contributed by atoms with Crippen LogP contribution in [0.15, 0.2) is 40.9 Å². The molecule has 1 saturated carbocycles. The van der Waals surface area contributed by atoms with Crippen molar-refractivity contribution >= 4 is 5.91 Å². The molecule has 2 atom stereocenters. The van der Waals surface area contributed by atoms with Gasteiger partial charge in [0.25, 0.3) is 5.91 Å². The second kappa shape index (κ2) is 7.23. The van der Waals surface area contributed by atoms with E-state index in [0.29, 0.717) is 17.7 Å². The van der Waals surface area contributed by atoms with Gasteiger partial charge in [-0.15, -0.1) is 0 Å². The van der Waals surface area contributed by atoms with Gasteiger partial charge in [0.2, 0.25) is 0 Å². The Bertz CT molecular complexity index is 754. The van der Waals surface area contributed by atoms with Gasteiger partial charge in [0.1, 0.15) is 5.76 Å². The predicted molar refractivity (Wildman–Crippen MR) is 99.9 cm³/mol. The normalized spacial score (nSPS) is 23.8. The Hall–Kier alpha value is -2.14. The standard InChI is InChI=1S/C21H27N3O2/c1-15-12-18(10-11-24(15)14-16-6-4-3-5-7-16)23(2)21(25)19-13-20(26-22-19)17-8-9-17/h3-7,13,15,17-18H,8-12,14H2,1-2H3/t15-,18-/m1/s1. The minimum absolute atomic E-state index is 0.0191. The fraction of sp³-hybridized carbons (Fsp3) is 0.524. The van der Waals surface area contributed by atoms with Crippen LogP contribution in [0.5, 0.6) is 0 Å². The van der Waals surface area contributed by atoms with Gasteiger partial charge in [0, 0.05) is 44.2 Å². The van der Waals surface area contributed by atoms with E-state index in [1.807, 2.05) is 18.0 Å². The lowest BCUT2D eigenvalue weighted by atomic mass is 9.96. The summed E-state index contributed by atoms with van der Waals surface area (Å²) in [6.45, 7) is 4.24. The number of likely N-dealkylation sites (tertiary alicyclic amines) is 1.